The van der Waals surface area contributed by atoms with Crippen LogP contribution in [0.3, 0.4) is 0 Å². The number of para-hydroxylation sites is 1. The maximum atomic E-state index is 12.7. The smallest absolute Gasteiger partial charge is 0.233 e. The van der Waals surface area contributed by atoms with Gasteiger partial charge in [0.05, 0.1) is 11.3 Å². The molecule has 148 valence electrons. The van der Waals surface area contributed by atoms with Crippen LogP contribution >= 0.6 is 11.8 Å². The average Bonchev–Trinajstić information content (AvgIpc) is 3.09. The van der Waals surface area contributed by atoms with Crippen molar-refractivity contribution in [3.05, 3.63) is 30.1 Å². The lowest BCUT2D eigenvalue weighted by molar-refractivity contribution is -0.130. The van der Waals surface area contributed by atoms with E-state index in [1.807, 2.05) is 33.6 Å². The second-order valence-electron chi connectivity index (χ2n) is 8.72. The summed E-state index contributed by atoms with van der Waals surface area (Å²) in [6.45, 7) is 10.4. The van der Waals surface area contributed by atoms with Crippen LogP contribution in [0, 0.1) is 5.92 Å². The molecule has 0 bridgehead atoms. The Kier molecular flexibility index (Phi) is 5.04. The van der Waals surface area contributed by atoms with Crippen LogP contribution in [0.2, 0.25) is 0 Å². The third kappa shape index (κ3) is 3.60. The molecule has 28 heavy (non-hydrogen) atoms. The number of amides is 1. The highest BCUT2D eigenvalue weighted by Gasteiger charge is 2.26. The van der Waals surface area contributed by atoms with E-state index in [1.54, 1.807) is 0 Å². The van der Waals surface area contributed by atoms with Crippen molar-refractivity contribution in [2.75, 3.05) is 18.8 Å². The monoisotopic (exact) mass is 397 g/mol. The van der Waals surface area contributed by atoms with Crippen molar-refractivity contribution in [2.45, 2.75) is 51.1 Å². The van der Waals surface area contributed by atoms with Crippen LogP contribution < -0.4 is 0 Å². The van der Waals surface area contributed by atoms with Gasteiger partial charge in [0.2, 0.25) is 5.91 Å². The summed E-state index contributed by atoms with van der Waals surface area (Å²) in [5, 5.41) is 10.6. The normalized spacial score (nSPS) is 18.1. The molecule has 0 spiro atoms. The largest absolute Gasteiger partial charge is 0.342 e. The summed E-state index contributed by atoms with van der Waals surface area (Å²) in [5.74, 6) is 2.05. The van der Waals surface area contributed by atoms with E-state index in [0.717, 1.165) is 47.0 Å². The van der Waals surface area contributed by atoms with E-state index < -0.39 is 0 Å². The number of rotatable bonds is 3. The van der Waals surface area contributed by atoms with Gasteiger partial charge in [0.25, 0.3) is 0 Å². The molecule has 1 aliphatic rings. The summed E-state index contributed by atoms with van der Waals surface area (Å²) in [7, 11) is 0. The lowest BCUT2D eigenvalue weighted by atomic mass is 9.95. The fraction of sp³-hybridized carbons (Fsp3) is 0.524. The van der Waals surface area contributed by atoms with Crippen molar-refractivity contribution in [1.82, 2.24) is 24.5 Å². The van der Waals surface area contributed by atoms with Gasteiger partial charge in [-0.15, -0.1) is 10.2 Å². The molecule has 1 amide bonds. The van der Waals surface area contributed by atoms with Crippen LogP contribution in [0.25, 0.3) is 16.6 Å². The van der Waals surface area contributed by atoms with Gasteiger partial charge in [-0.1, -0.05) is 51.6 Å². The van der Waals surface area contributed by atoms with E-state index in [2.05, 4.69) is 37.9 Å². The van der Waals surface area contributed by atoms with Gasteiger partial charge in [0.15, 0.2) is 10.8 Å². The van der Waals surface area contributed by atoms with Crippen LogP contribution in [-0.2, 0) is 10.2 Å². The van der Waals surface area contributed by atoms with Crippen LogP contribution in [0.5, 0.6) is 0 Å². The van der Waals surface area contributed by atoms with E-state index in [-0.39, 0.29) is 11.3 Å². The van der Waals surface area contributed by atoms with Crippen LogP contribution in [0.4, 0.5) is 0 Å². The van der Waals surface area contributed by atoms with Gasteiger partial charge in [0.1, 0.15) is 5.82 Å². The molecule has 0 aliphatic carbocycles. The lowest BCUT2D eigenvalue weighted by Crippen LogP contribution is -2.40. The topological polar surface area (TPSA) is 63.4 Å². The highest BCUT2D eigenvalue weighted by Crippen LogP contribution is 2.30. The molecule has 1 aromatic carbocycles. The van der Waals surface area contributed by atoms with Gasteiger partial charge in [-0.2, -0.15) is 0 Å². The molecule has 1 saturated heterocycles. The van der Waals surface area contributed by atoms with Crippen molar-refractivity contribution >= 4 is 34.2 Å². The molecule has 6 nitrogen and oxygen atoms in total. The van der Waals surface area contributed by atoms with Gasteiger partial charge in [-0.05, 0) is 30.9 Å². The fourth-order valence-electron chi connectivity index (χ4n) is 3.79. The first kappa shape index (κ1) is 19.2. The molecular formula is C21H27N5OS. The first-order valence-electron chi connectivity index (χ1n) is 9.89. The standard InChI is InChI=1S/C21H27N5OS/c1-14-8-7-11-25(12-14)17(27)13-28-20-24-23-18-15-9-5-6-10-16(15)22-19(26(18)20)21(2,3)4/h5-6,9-10,14H,7-8,11-13H2,1-4H3/t14-/m1/s1. The van der Waals surface area contributed by atoms with Gasteiger partial charge in [-0.25, -0.2) is 4.98 Å². The number of hydrogen-bond acceptors (Lipinski definition) is 5. The van der Waals surface area contributed by atoms with E-state index >= 15 is 0 Å². The number of likely N-dealkylation sites (tertiary alicyclic amines) is 1. The van der Waals surface area contributed by atoms with Crippen molar-refractivity contribution in [3.63, 3.8) is 0 Å². The minimum absolute atomic E-state index is 0.174. The maximum absolute atomic E-state index is 12.7. The summed E-state index contributed by atoms with van der Waals surface area (Å²) >= 11 is 1.46. The second-order valence-corrected chi connectivity index (χ2v) is 9.66. The van der Waals surface area contributed by atoms with E-state index in [9.17, 15) is 4.79 Å². The summed E-state index contributed by atoms with van der Waals surface area (Å²) < 4.78 is 2.03. The molecule has 0 saturated carbocycles. The summed E-state index contributed by atoms with van der Waals surface area (Å²) in [5.41, 5.74) is 1.55. The highest BCUT2D eigenvalue weighted by molar-refractivity contribution is 7.99. The van der Waals surface area contributed by atoms with Crippen LogP contribution in [-0.4, -0.2) is 49.2 Å². The van der Waals surface area contributed by atoms with Gasteiger partial charge < -0.3 is 4.90 Å². The molecule has 1 fully saturated rings. The third-order valence-electron chi connectivity index (χ3n) is 5.22. The molecule has 7 heteroatoms. The number of fused-ring (bicyclic) bond motifs is 3. The highest BCUT2D eigenvalue weighted by atomic mass is 32.2. The molecule has 0 unspecified atom stereocenters. The number of carbonyl (C=O) groups is 1. The molecule has 1 aliphatic heterocycles. The zero-order valence-corrected chi connectivity index (χ0v) is 17.8. The lowest BCUT2D eigenvalue weighted by Gasteiger charge is -2.30. The Morgan fingerprint density at radius 1 is 1.25 bits per heavy atom. The van der Waals surface area contributed by atoms with Crippen molar-refractivity contribution in [2.24, 2.45) is 5.92 Å². The minimum Gasteiger partial charge on any atom is -0.342 e. The number of benzene rings is 1. The van der Waals surface area contributed by atoms with Crippen LogP contribution in [0.1, 0.15) is 46.4 Å². The maximum Gasteiger partial charge on any atom is 0.233 e. The molecule has 3 heterocycles. The van der Waals surface area contributed by atoms with Gasteiger partial charge in [-0.3, -0.25) is 9.20 Å². The Labute approximate surface area is 169 Å². The quantitative estimate of drug-likeness (QED) is 0.627. The van der Waals surface area contributed by atoms with E-state index in [1.165, 1.54) is 18.2 Å². The zero-order valence-electron chi connectivity index (χ0n) is 17.0. The molecular weight excluding hydrogens is 370 g/mol. The number of thioether (sulfide) groups is 1. The van der Waals surface area contributed by atoms with E-state index in [0.29, 0.717) is 11.7 Å². The summed E-state index contributed by atoms with van der Waals surface area (Å²) in [6.07, 6.45) is 2.30. The molecule has 1 atom stereocenters. The Morgan fingerprint density at radius 2 is 2.04 bits per heavy atom. The van der Waals surface area contributed by atoms with Crippen molar-refractivity contribution < 1.29 is 4.79 Å². The molecule has 4 rings (SSSR count). The Hall–Kier alpha value is -2.15. The molecule has 2 aromatic heterocycles. The Bertz CT molecular complexity index is 1020. The fourth-order valence-corrected chi connectivity index (χ4v) is 4.63. The Balaban J connectivity index is 1.68. The predicted molar refractivity (Wildman–Crippen MR) is 113 cm³/mol. The first-order valence-corrected chi connectivity index (χ1v) is 10.9. The summed E-state index contributed by atoms with van der Waals surface area (Å²) in [4.78, 5) is 19.6. The van der Waals surface area contributed by atoms with Gasteiger partial charge in [0, 0.05) is 23.9 Å². The average molecular weight is 398 g/mol. The Morgan fingerprint density at radius 3 is 2.79 bits per heavy atom. The van der Waals surface area contributed by atoms with Gasteiger partial charge >= 0.3 is 0 Å². The SMILES string of the molecule is C[C@@H]1CCCN(C(=O)CSc2nnc3c4ccccc4nc(C(C)(C)C)n23)C1. The minimum atomic E-state index is -0.174. The van der Waals surface area contributed by atoms with Crippen molar-refractivity contribution in [1.29, 1.82) is 0 Å². The van der Waals surface area contributed by atoms with Crippen molar-refractivity contribution in [3.8, 4) is 0 Å². The predicted octanol–water partition coefficient (Wildman–Crippen LogP) is 3.93. The number of hydrogen-bond donors (Lipinski definition) is 0. The number of aromatic nitrogens is 4. The second kappa shape index (κ2) is 7.35. The zero-order chi connectivity index (χ0) is 19.9. The molecule has 0 radical (unpaired) electrons. The first-order chi connectivity index (χ1) is 13.3. The van der Waals surface area contributed by atoms with E-state index in [4.69, 9.17) is 4.98 Å². The summed E-state index contributed by atoms with van der Waals surface area (Å²) in [6, 6.07) is 8.01. The number of carbonyl (C=O) groups excluding carboxylic acids is 1. The molecule has 3 aromatic rings. The number of piperidine rings is 1. The van der Waals surface area contributed by atoms with Crippen LogP contribution in [0.15, 0.2) is 29.4 Å². The number of nitrogens with zero attached hydrogens (tertiary/aromatic N) is 5. The third-order valence-corrected chi connectivity index (χ3v) is 6.14. The molecule has 0 N–H and O–H groups in total.